The third-order valence-corrected chi connectivity index (χ3v) is 3.51. The van der Waals surface area contributed by atoms with Crippen molar-refractivity contribution in [1.82, 2.24) is 4.98 Å². The van der Waals surface area contributed by atoms with Crippen LogP contribution in [0.4, 0.5) is 0 Å². The minimum Gasteiger partial charge on any atom is -0.496 e. The first-order chi connectivity index (χ1) is 11.7. The third kappa shape index (κ3) is 3.47. The van der Waals surface area contributed by atoms with Crippen molar-refractivity contribution in [2.24, 2.45) is 0 Å². The second-order valence-electron chi connectivity index (χ2n) is 5.05. The van der Waals surface area contributed by atoms with Gasteiger partial charge in [0.15, 0.2) is 0 Å². The van der Waals surface area contributed by atoms with Gasteiger partial charge in [0.1, 0.15) is 17.4 Å². The zero-order valence-corrected chi connectivity index (χ0v) is 14.3. The van der Waals surface area contributed by atoms with Crippen molar-refractivity contribution >= 4 is 12.2 Å². The van der Waals surface area contributed by atoms with Gasteiger partial charge in [0, 0.05) is 16.7 Å². The van der Waals surface area contributed by atoms with Crippen LogP contribution in [0.5, 0.6) is 11.6 Å². The minimum atomic E-state index is 0.325. The Morgan fingerprint density at radius 3 is 2.08 bits per heavy atom. The van der Waals surface area contributed by atoms with E-state index in [4.69, 9.17) is 14.7 Å². The smallest absolute Gasteiger partial charge is 0.231 e. The van der Waals surface area contributed by atoms with E-state index in [0.29, 0.717) is 11.4 Å². The lowest BCUT2D eigenvalue weighted by atomic mass is 10.00. The molecule has 0 unspecified atom stereocenters. The average Bonchev–Trinajstić information content (AvgIpc) is 2.61. The molecule has 0 radical (unpaired) electrons. The fraction of sp³-hybridized carbons (Fsp3) is 0.200. The molecule has 0 saturated heterocycles. The van der Waals surface area contributed by atoms with Gasteiger partial charge in [0.25, 0.3) is 0 Å². The van der Waals surface area contributed by atoms with Gasteiger partial charge in [-0.1, -0.05) is 24.3 Å². The normalized spacial score (nSPS) is 11.0. The molecular formula is C20H20N2O2. The number of nitrogens with zero attached hydrogens (tertiary/aromatic N) is 2. The van der Waals surface area contributed by atoms with Crippen LogP contribution in [-0.2, 0) is 0 Å². The Labute approximate surface area is 142 Å². The average molecular weight is 320 g/mol. The van der Waals surface area contributed by atoms with Crippen LogP contribution >= 0.6 is 0 Å². The summed E-state index contributed by atoms with van der Waals surface area (Å²) in [7, 11) is 3.18. The molecule has 2 aromatic rings. The Morgan fingerprint density at radius 2 is 1.62 bits per heavy atom. The summed E-state index contributed by atoms with van der Waals surface area (Å²) < 4.78 is 10.8. The maximum atomic E-state index is 9.10. The number of hydrogen-bond donors (Lipinski definition) is 0. The van der Waals surface area contributed by atoms with Gasteiger partial charge in [-0.2, -0.15) is 5.26 Å². The Bertz CT molecular complexity index is 797. The Balaban J connectivity index is 2.68. The molecule has 1 aromatic carbocycles. The highest BCUT2D eigenvalue weighted by Crippen LogP contribution is 2.33. The summed E-state index contributed by atoms with van der Waals surface area (Å²) in [5.41, 5.74) is 4.02. The quantitative estimate of drug-likeness (QED) is 0.801. The summed E-state index contributed by atoms with van der Waals surface area (Å²) in [5.74, 6) is 1.14. The zero-order valence-electron chi connectivity index (χ0n) is 14.3. The van der Waals surface area contributed by atoms with Crippen LogP contribution in [0.15, 0.2) is 36.4 Å². The fourth-order valence-corrected chi connectivity index (χ4v) is 2.51. The maximum Gasteiger partial charge on any atom is 0.231 e. The number of pyridine rings is 1. The predicted octanol–water partition coefficient (Wildman–Crippen LogP) is 4.70. The molecule has 0 saturated carbocycles. The molecule has 0 N–H and O–H groups in total. The third-order valence-electron chi connectivity index (χ3n) is 3.51. The van der Waals surface area contributed by atoms with E-state index in [1.54, 1.807) is 13.2 Å². The number of nitriles is 1. The van der Waals surface area contributed by atoms with E-state index in [2.05, 4.69) is 11.1 Å². The minimum absolute atomic E-state index is 0.325. The largest absolute Gasteiger partial charge is 0.496 e. The van der Waals surface area contributed by atoms with E-state index in [9.17, 15) is 0 Å². The lowest BCUT2D eigenvalue weighted by molar-refractivity contribution is 0.397. The van der Waals surface area contributed by atoms with Crippen molar-refractivity contribution < 1.29 is 9.47 Å². The van der Waals surface area contributed by atoms with E-state index in [1.807, 2.05) is 56.4 Å². The van der Waals surface area contributed by atoms with Crippen molar-refractivity contribution in [1.29, 1.82) is 5.26 Å². The molecule has 4 nitrogen and oxygen atoms in total. The van der Waals surface area contributed by atoms with E-state index in [1.165, 1.54) is 7.11 Å². The SMILES string of the molecule is C/C=C/c1cc(-c2ccc(C#N)c(OC)n2)cc(/C=C/C)c1OC. The molecule has 1 aromatic heterocycles. The van der Waals surface area contributed by atoms with Gasteiger partial charge in [-0.25, -0.2) is 4.98 Å². The summed E-state index contributed by atoms with van der Waals surface area (Å²) in [6.45, 7) is 3.93. The van der Waals surface area contributed by atoms with E-state index < -0.39 is 0 Å². The highest BCUT2D eigenvalue weighted by molar-refractivity contribution is 5.76. The Kier molecular flexibility index (Phi) is 5.75. The number of ether oxygens (including phenoxy) is 2. The number of rotatable bonds is 5. The molecule has 0 bridgehead atoms. The van der Waals surface area contributed by atoms with Crippen LogP contribution in [0.25, 0.3) is 23.4 Å². The van der Waals surface area contributed by atoms with Gasteiger partial charge in [-0.3, -0.25) is 0 Å². The molecule has 0 atom stereocenters. The van der Waals surface area contributed by atoms with Gasteiger partial charge >= 0.3 is 0 Å². The second-order valence-corrected chi connectivity index (χ2v) is 5.05. The highest BCUT2D eigenvalue weighted by Gasteiger charge is 2.12. The number of aromatic nitrogens is 1. The van der Waals surface area contributed by atoms with Crippen molar-refractivity contribution in [2.45, 2.75) is 13.8 Å². The molecule has 2 rings (SSSR count). The van der Waals surface area contributed by atoms with E-state index in [0.717, 1.165) is 28.1 Å². The summed E-state index contributed by atoms with van der Waals surface area (Å²) >= 11 is 0. The molecular weight excluding hydrogens is 300 g/mol. The monoisotopic (exact) mass is 320 g/mol. The fourth-order valence-electron chi connectivity index (χ4n) is 2.51. The molecule has 0 spiro atoms. The van der Waals surface area contributed by atoms with Crippen LogP contribution in [0.2, 0.25) is 0 Å². The van der Waals surface area contributed by atoms with Crippen molar-refractivity contribution in [3.63, 3.8) is 0 Å². The molecule has 0 aliphatic carbocycles. The summed E-state index contributed by atoms with van der Waals surface area (Å²) in [6.07, 6.45) is 7.92. The highest BCUT2D eigenvalue weighted by atomic mass is 16.5. The topological polar surface area (TPSA) is 55.1 Å². The number of allylic oxidation sites excluding steroid dienone is 2. The van der Waals surface area contributed by atoms with Crippen molar-refractivity contribution in [3.8, 4) is 29.0 Å². The molecule has 0 aliphatic heterocycles. The molecule has 0 amide bonds. The molecule has 0 fully saturated rings. The van der Waals surface area contributed by atoms with Crippen LogP contribution in [0.3, 0.4) is 0 Å². The predicted molar refractivity (Wildman–Crippen MR) is 96.9 cm³/mol. The lowest BCUT2D eigenvalue weighted by Crippen LogP contribution is -1.96. The standard InChI is InChI=1S/C20H20N2O2/c1-5-7-14-11-17(12-15(8-6-2)19(14)23-3)18-10-9-16(13-21)20(22-18)24-4/h5-12H,1-4H3/b7-5+,8-6+. The van der Waals surface area contributed by atoms with E-state index >= 15 is 0 Å². The van der Waals surface area contributed by atoms with Gasteiger partial charge in [0.2, 0.25) is 5.88 Å². The molecule has 4 heteroatoms. The number of benzene rings is 1. The maximum absolute atomic E-state index is 9.10. The van der Waals surface area contributed by atoms with Crippen LogP contribution in [-0.4, -0.2) is 19.2 Å². The second kappa shape index (κ2) is 7.98. The van der Waals surface area contributed by atoms with Gasteiger partial charge in [-0.05, 0) is 38.1 Å². The first-order valence-electron chi connectivity index (χ1n) is 7.61. The summed E-state index contributed by atoms with van der Waals surface area (Å²) in [6, 6.07) is 9.64. The first-order valence-corrected chi connectivity index (χ1v) is 7.61. The molecule has 24 heavy (non-hydrogen) atoms. The van der Waals surface area contributed by atoms with Crippen molar-refractivity contribution in [3.05, 3.63) is 53.1 Å². The van der Waals surface area contributed by atoms with Crippen LogP contribution < -0.4 is 9.47 Å². The molecule has 0 aliphatic rings. The Hall–Kier alpha value is -3.06. The molecule has 1 heterocycles. The molecule has 122 valence electrons. The van der Waals surface area contributed by atoms with Crippen molar-refractivity contribution in [2.75, 3.05) is 14.2 Å². The Morgan fingerprint density at radius 1 is 1.00 bits per heavy atom. The lowest BCUT2D eigenvalue weighted by Gasteiger charge is -2.13. The summed E-state index contributed by atoms with van der Waals surface area (Å²) in [5, 5.41) is 9.10. The summed E-state index contributed by atoms with van der Waals surface area (Å²) in [4.78, 5) is 4.46. The first kappa shape index (κ1) is 17.3. The van der Waals surface area contributed by atoms with Gasteiger partial charge in [-0.15, -0.1) is 0 Å². The van der Waals surface area contributed by atoms with Crippen LogP contribution in [0.1, 0.15) is 30.5 Å². The van der Waals surface area contributed by atoms with Crippen LogP contribution in [0, 0.1) is 11.3 Å². The number of methoxy groups -OCH3 is 2. The van der Waals surface area contributed by atoms with E-state index in [-0.39, 0.29) is 0 Å². The van der Waals surface area contributed by atoms with Gasteiger partial charge in [0.05, 0.1) is 19.9 Å². The number of hydrogen-bond acceptors (Lipinski definition) is 4. The van der Waals surface area contributed by atoms with Gasteiger partial charge < -0.3 is 9.47 Å². The zero-order chi connectivity index (χ0) is 17.5.